The highest BCUT2D eigenvalue weighted by Gasteiger charge is 2.43. The Kier molecular flexibility index (Phi) is 7.87. The van der Waals surface area contributed by atoms with Crippen LogP contribution in [0.25, 0.3) is 0 Å². The van der Waals surface area contributed by atoms with Crippen LogP contribution in [0.3, 0.4) is 0 Å². The zero-order chi connectivity index (χ0) is 27.0. The van der Waals surface area contributed by atoms with Gasteiger partial charge in [0.05, 0.1) is 19.8 Å². The van der Waals surface area contributed by atoms with Gasteiger partial charge in [-0.2, -0.15) is 0 Å². The summed E-state index contributed by atoms with van der Waals surface area (Å²) in [6, 6.07) is 11.3. The number of allylic oxidation sites excluding steroid dienone is 3. The summed E-state index contributed by atoms with van der Waals surface area (Å²) in [6.45, 7) is 1.88. The standard InChI is InChI=1S/C30H31BrClNO5/c1-16-27(30(35)38-20-6-4-5-7-20)28(21-14-25(36-2)26(37-3)15-22(21)31)29-23(33-16)12-18(13-24(29)34)17-8-10-19(32)11-9-17/h8-11,14-15,18,20,28,33H,4-7,12-13H2,1-3H3. The van der Waals surface area contributed by atoms with Gasteiger partial charge < -0.3 is 19.5 Å². The van der Waals surface area contributed by atoms with Crippen molar-refractivity contribution >= 4 is 39.3 Å². The highest BCUT2D eigenvalue weighted by Crippen LogP contribution is 2.49. The van der Waals surface area contributed by atoms with Crippen molar-refractivity contribution in [2.45, 2.75) is 63.4 Å². The Hall–Kier alpha value is -2.77. The van der Waals surface area contributed by atoms with Crippen LogP contribution in [0.2, 0.25) is 5.02 Å². The molecule has 5 rings (SSSR count). The van der Waals surface area contributed by atoms with Gasteiger partial charge in [-0.15, -0.1) is 0 Å². The number of methoxy groups -OCH3 is 2. The van der Waals surface area contributed by atoms with E-state index in [-0.39, 0.29) is 23.8 Å². The van der Waals surface area contributed by atoms with E-state index in [0.29, 0.717) is 46.2 Å². The fourth-order valence-corrected chi connectivity index (χ4v) is 6.58. The Morgan fingerprint density at radius 2 is 1.68 bits per heavy atom. The van der Waals surface area contributed by atoms with E-state index in [9.17, 15) is 9.59 Å². The molecule has 2 aromatic carbocycles. The van der Waals surface area contributed by atoms with Crippen molar-refractivity contribution in [1.29, 1.82) is 0 Å². The molecule has 2 aromatic rings. The third-order valence-corrected chi connectivity index (χ3v) is 8.72. The van der Waals surface area contributed by atoms with Gasteiger partial charge in [0.2, 0.25) is 0 Å². The van der Waals surface area contributed by atoms with Crippen LogP contribution in [-0.4, -0.2) is 32.1 Å². The molecule has 2 atom stereocenters. The summed E-state index contributed by atoms with van der Waals surface area (Å²) in [5, 5.41) is 4.09. The lowest BCUT2D eigenvalue weighted by atomic mass is 9.71. The molecule has 0 saturated heterocycles. The minimum absolute atomic E-state index is 0.00375. The van der Waals surface area contributed by atoms with Gasteiger partial charge in [-0.3, -0.25) is 4.79 Å². The van der Waals surface area contributed by atoms with Gasteiger partial charge >= 0.3 is 5.97 Å². The predicted octanol–water partition coefficient (Wildman–Crippen LogP) is 6.97. The molecule has 1 N–H and O–H groups in total. The largest absolute Gasteiger partial charge is 0.493 e. The van der Waals surface area contributed by atoms with Gasteiger partial charge in [0.15, 0.2) is 17.3 Å². The van der Waals surface area contributed by atoms with E-state index in [1.807, 2.05) is 43.3 Å². The molecule has 3 aliphatic rings. The predicted molar refractivity (Wildman–Crippen MR) is 150 cm³/mol. The number of ketones is 1. The number of carbonyl (C=O) groups is 2. The number of carbonyl (C=O) groups excluding carboxylic acids is 2. The molecule has 1 fully saturated rings. The number of nitrogens with one attached hydrogen (secondary N) is 1. The molecular weight excluding hydrogens is 570 g/mol. The van der Waals surface area contributed by atoms with Crippen LogP contribution in [-0.2, 0) is 14.3 Å². The van der Waals surface area contributed by atoms with E-state index in [0.717, 1.165) is 47.0 Å². The number of halogens is 2. The Balaban J connectivity index is 1.60. The van der Waals surface area contributed by atoms with E-state index in [1.54, 1.807) is 14.2 Å². The zero-order valence-electron chi connectivity index (χ0n) is 21.7. The number of benzene rings is 2. The van der Waals surface area contributed by atoms with Crippen molar-refractivity contribution < 1.29 is 23.8 Å². The molecule has 6 nitrogen and oxygen atoms in total. The van der Waals surface area contributed by atoms with Crippen molar-refractivity contribution in [3.05, 3.63) is 79.6 Å². The average molecular weight is 601 g/mol. The third kappa shape index (κ3) is 5.10. The van der Waals surface area contributed by atoms with E-state index < -0.39 is 5.92 Å². The highest BCUT2D eigenvalue weighted by molar-refractivity contribution is 9.10. The first-order chi connectivity index (χ1) is 18.3. The highest BCUT2D eigenvalue weighted by atomic mass is 79.9. The first kappa shape index (κ1) is 26.8. The summed E-state index contributed by atoms with van der Waals surface area (Å²) < 4.78 is 17.8. The summed E-state index contributed by atoms with van der Waals surface area (Å²) >= 11 is 9.79. The second-order valence-corrected chi connectivity index (χ2v) is 11.4. The SMILES string of the molecule is COc1cc(Br)c(C2C(C(=O)OC3CCCC3)=C(C)NC3=C2C(=O)CC(c2ccc(Cl)cc2)C3)cc1OC. The Morgan fingerprint density at radius 3 is 2.34 bits per heavy atom. The van der Waals surface area contributed by atoms with Gasteiger partial charge in [-0.25, -0.2) is 4.79 Å². The normalized spacial score (nSPS) is 21.8. The monoisotopic (exact) mass is 599 g/mol. The van der Waals surface area contributed by atoms with E-state index in [1.165, 1.54) is 0 Å². The number of dihydropyridines is 1. The number of rotatable bonds is 6. The molecule has 8 heteroatoms. The molecule has 1 heterocycles. The van der Waals surface area contributed by atoms with Gasteiger partial charge in [0.25, 0.3) is 0 Å². The number of Topliss-reactive ketones (excluding diaryl/α,β-unsaturated/α-hetero) is 1. The topological polar surface area (TPSA) is 73.9 Å². The Bertz CT molecular complexity index is 1330. The van der Waals surface area contributed by atoms with Crippen LogP contribution in [0.5, 0.6) is 11.5 Å². The lowest BCUT2D eigenvalue weighted by Gasteiger charge is -2.37. The molecule has 200 valence electrons. The van der Waals surface area contributed by atoms with E-state index in [4.69, 9.17) is 25.8 Å². The van der Waals surface area contributed by atoms with Gasteiger partial charge in [0, 0.05) is 38.8 Å². The first-order valence-electron chi connectivity index (χ1n) is 12.9. The summed E-state index contributed by atoms with van der Waals surface area (Å²) in [4.78, 5) is 27.6. The number of ether oxygens (including phenoxy) is 3. The summed E-state index contributed by atoms with van der Waals surface area (Å²) in [6.07, 6.45) is 4.74. The van der Waals surface area contributed by atoms with Crippen molar-refractivity contribution in [2.24, 2.45) is 0 Å². The molecule has 0 aromatic heterocycles. The maximum Gasteiger partial charge on any atom is 0.337 e. The van der Waals surface area contributed by atoms with Gasteiger partial charge in [0.1, 0.15) is 6.10 Å². The summed E-state index contributed by atoms with van der Waals surface area (Å²) in [7, 11) is 3.15. The maximum absolute atomic E-state index is 13.9. The van der Waals surface area contributed by atoms with Crippen LogP contribution < -0.4 is 14.8 Å². The van der Waals surface area contributed by atoms with Crippen LogP contribution in [0.15, 0.2) is 63.4 Å². The minimum Gasteiger partial charge on any atom is -0.493 e. The lowest BCUT2D eigenvalue weighted by molar-refractivity contribution is -0.144. The van der Waals surface area contributed by atoms with Crippen LogP contribution in [0, 0.1) is 0 Å². The third-order valence-electron chi connectivity index (χ3n) is 7.78. The molecule has 0 amide bonds. The van der Waals surface area contributed by atoms with Crippen LogP contribution >= 0.6 is 27.5 Å². The summed E-state index contributed by atoms with van der Waals surface area (Å²) in [5.41, 5.74) is 4.42. The quantitative estimate of drug-likeness (QED) is 0.361. The molecule has 38 heavy (non-hydrogen) atoms. The second-order valence-electron chi connectivity index (χ2n) is 10.1. The molecule has 1 aliphatic heterocycles. The molecular formula is C30H31BrClNO5. The number of esters is 1. The fraction of sp³-hybridized carbons (Fsp3) is 0.400. The van der Waals surface area contributed by atoms with Gasteiger partial charge in [-0.1, -0.05) is 39.7 Å². The maximum atomic E-state index is 13.9. The average Bonchev–Trinajstić information content (AvgIpc) is 3.41. The lowest BCUT2D eigenvalue weighted by Crippen LogP contribution is -2.36. The zero-order valence-corrected chi connectivity index (χ0v) is 24.1. The van der Waals surface area contributed by atoms with Crippen molar-refractivity contribution in [2.75, 3.05) is 14.2 Å². The molecule has 2 aliphatic carbocycles. The van der Waals surface area contributed by atoms with Crippen molar-refractivity contribution in [1.82, 2.24) is 5.32 Å². The smallest absolute Gasteiger partial charge is 0.337 e. The molecule has 0 bridgehead atoms. The summed E-state index contributed by atoms with van der Waals surface area (Å²) in [5.74, 6) is 0.111. The fourth-order valence-electron chi connectivity index (χ4n) is 5.90. The van der Waals surface area contributed by atoms with E-state index in [2.05, 4.69) is 21.2 Å². The second kappa shape index (κ2) is 11.1. The molecule has 2 unspecified atom stereocenters. The molecule has 0 spiro atoms. The van der Waals surface area contributed by atoms with Crippen molar-refractivity contribution in [3.8, 4) is 11.5 Å². The number of hydrogen-bond acceptors (Lipinski definition) is 6. The van der Waals surface area contributed by atoms with Gasteiger partial charge in [-0.05, 0) is 80.3 Å². The van der Waals surface area contributed by atoms with Crippen molar-refractivity contribution in [3.63, 3.8) is 0 Å². The molecule has 1 saturated carbocycles. The first-order valence-corrected chi connectivity index (χ1v) is 14.1. The van der Waals surface area contributed by atoms with Crippen LogP contribution in [0.4, 0.5) is 0 Å². The minimum atomic E-state index is -0.604. The van der Waals surface area contributed by atoms with E-state index >= 15 is 0 Å². The molecule has 0 radical (unpaired) electrons. The Morgan fingerprint density at radius 1 is 1.03 bits per heavy atom. The number of hydrogen-bond donors (Lipinski definition) is 1. The Labute approximate surface area is 236 Å². The van der Waals surface area contributed by atoms with Crippen LogP contribution in [0.1, 0.15) is 68.4 Å².